The number of fused-ring (bicyclic) bond motifs is 1. The Labute approximate surface area is 202 Å². The maximum absolute atomic E-state index is 13.2. The summed E-state index contributed by atoms with van der Waals surface area (Å²) in [5, 5.41) is 4.43. The fraction of sp³-hybridized carbons (Fsp3) is 0.0690. The third kappa shape index (κ3) is 4.96. The lowest BCUT2D eigenvalue weighted by Crippen LogP contribution is -2.23. The SMILES string of the molecule is Nc1cc(-c2ccc3c(=O)n(Cc4cccc(C(=O)NCc5ccccc5)c4)ccc3c2)ccn1. The van der Waals surface area contributed by atoms with Gasteiger partial charge in [0, 0.05) is 29.9 Å². The van der Waals surface area contributed by atoms with E-state index in [9.17, 15) is 9.59 Å². The molecule has 0 saturated heterocycles. The Balaban J connectivity index is 1.35. The Morgan fingerprint density at radius 3 is 2.49 bits per heavy atom. The van der Waals surface area contributed by atoms with E-state index in [0.717, 1.165) is 27.6 Å². The minimum absolute atomic E-state index is 0.0813. The third-order valence-electron chi connectivity index (χ3n) is 5.93. The van der Waals surface area contributed by atoms with Crippen molar-refractivity contribution < 1.29 is 4.79 Å². The monoisotopic (exact) mass is 460 g/mol. The van der Waals surface area contributed by atoms with Crippen molar-refractivity contribution in [1.82, 2.24) is 14.9 Å². The van der Waals surface area contributed by atoms with Crippen molar-refractivity contribution in [1.29, 1.82) is 0 Å². The van der Waals surface area contributed by atoms with Crippen molar-refractivity contribution in [2.75, 3.05) is 5.73 Å². The number of carbonyl (C=O) groups is 1. The van der Waals surface area contributed by atoms with Crippen LogP contribution in [0.25, 0.3) is 21.9 Å². The fourth-order valence-corrected chi connectivity index (χ4v) is 4.11. The molecule has 0 aliphatic carbocycles. The number of amides is 1. The smallest absolute Gasteiger partial charge is 0.258 e. The van der Waals surface area contributed by atoms with Gasteiger partial charge in [-0.15, -0.1) is 0 Å². The predicted octanol–water partition coefficient (Wildman–Crippen LogP) is 4.62. The summed E-state index contributed by atoms with van der Waals surface area (Å²) in [7, 11) is 0. The quantitative estimate of drug-likeness (QED) is 0.387. The number of nitrogen functional groups attached to an aromatic ring is 1. The molecule has 0 bridgehead atoms. The van der Waals surface area contributed by atoms with Crippen LogP contribution >= 0.6 is 0 Å². The largest absolute Gasteiger partial charge is 0.384 e. The topological polar surface area (TPSA) is 90.0 Å². The van der Waals surface area contributed by atoms with Crippen LogP contribution in [0, 0.1) is 0 Å². The summed E-state index contributed by atoms with van der Waals surface area (Å²) in [6.07, 6.45) is 3.46. The molecule has 3 aromatic carbocycles. The molecule has 2 aromatic heterocycles. The standard InChI is InChI=1S/C29H24N4O2/c30-27-17-23(11-13-31-27)22-9-10-26-24(16-22)12-14-33(29(26)35)19-21-7-4-8-25(15-21)28(34)32-18-20-5-2-1-3-6-20/h1-17H,18-19H2,(H2,30,31)(H,32,34). The van der Waals surface area contributed by atoms with Crippen molar-refractivity contribution >= 4 is 22.5 Å². The molecule has 5 rings (SSSR count). The number of pyridine rings is 2. The molecule has 1 amide bonds. The number of benzene rings is 3. The van der Waals surface area contributed by atoms with E-state index in [1.54, 1.807) is 23.0 Å². The summed E-state index contributed by atoms with van der Waals surface area (Å²) in [4.78, 5) is 29.8. The van der Waals surface area contributed by atoms with Crippen LogP contribution in [0.2, 0.25) is 0 Å². The first-order valence-electron chi connectivity index (χ1n) is 11.3. The summed E-state index contributed by atoms with van der Waals surface area (Å²) in [6.45, 7) is 0.833. The summed E-state index contributed by atoms with van der Waals surface area (Å²) >= 11 is 0. The second-order valence-corrected chi connectivity index (χ2v) is 8.39. The second kappa shape index (κ2) is 9.65. The number of carbonyl (C=O) groups excluding carboxylic acids is 1. The third-order valence-corrected chi connectivity index (χ3v) is 5.93. The van der Waals surface area contributed by atoms with E-state index >= 15 is 0 Å². The number of hydrogen-bond donors (Lipinski definition) is 2. The minimum atomic E-state index is -0.147. The molecule has 0 aliphatic heterocycles. The van der Waals surface area contributed by atoms with Crippen molar-refractivity contribution in [2.45, 2.75) is 13.1 Å². The summed E-state index contributed by atoms with van der Waals surface area (Å²) in [5.74, 6) is 0.305. The lowest BCUT2D eigenvalue weighted by molar-refractivity contribution is 0.0951. The number of nitrogens with zero attached hydrogens (tertiary/aromatic N) is 2. The first kappa shape index (κ1) is 22.1. The zero-order chi connectivity index (χ0) is 24.2. The lowest BCUT2D eigenvalue weighted by atomic mass is 10.0. The molecule has 0 spiro atoms. The van der Waals surface area contributed by atoms with Crippen molar-refractivity contribution in [3.63, 3.8) is 0 Å². The highest BCUT2D eigenvalue weighted by Crippen LogP contribution is 2.24. The maximum atomic E-state index is 13.2. The average Bonchev–Trinajstić information content (AvgIpc) is 2.89. The number of anilines is 1. The van der Waals surface area contributed by atoms with Crippen LogP contribution in [0.15, 0.2) is 108 Å². The summed E-state index contributed by atoms with van der Waals surface area (Å²) in [5.41, 5.74) is 10.1. The zero-order valence-corrected chi connectivity index (χ0v) is 19.0. The average molecular weight is 461 g/mol. The number of rotatable bonds is 6. The Bertz CT molecular complexity index is 1580. The Morgan fingerprint density at radius 1 is 0.857 bits per heavy atom. The Kier molecular flexibility index (Phi) is 6.09. The second-order valence-electron chi connectivity index (χ2n) is 8.39. The van der Waals surface area contributed by atoms with E-state index in [-0.39, 0.29) is 11.5 Å². The van der Waals surface area contributed by atoms with Gasteiger partial charge in [0.15, 0.2) is 0 Å². The van der Waals surface area contributed by atoms with E-state index in [1.165, 1.54) is 0 Å². The number of nitrogens with two attached hydrogens (primary N) is 1. The molecule has 172 valence electrons. The number of nitrogens with one attached hydrogen (secondary N) is 1. The van der Waals surface area contributed by atoms with E-state index in [0.29, 0.717) is 29.9 Å². The van der Waals surface area contributed by atoms with Gasteiger partial charge in [0.25, 0.3) is 11.5 Å². The van der Waals surface area contributed by atoms with Crippen molar-refractivity contribution in [3.8, 4) is 11.1 Å². The van der Waals surface area contributed by atoms with Gasteiger partial charge in [-0.05, 0) is 70.1 Å². The number of aromatic nitrogens is 2. The van der Waals surface area contributed by atoms with E-state index in [1.807, 2.05) is 84.9 Å². The molecule has 5 aromatic rings. The van der Waals surface area contributed by atoms with Gasteiger partial charge < -0.3 is 15.6 Å². The molecule has 35 heavy (non-hydrogen) atoms. The van der Waals surface area contributed by atoms with Crippen LogP contribution in [0.5, 0.6) is 0 Å². The predicted molar refractivity (Wildman–Crippen MR) is 139 cm³/mol. The van der Waals surface area contributed by atoms with Gasteiger partial charge in [-0.3, -0.25) is 9.59 Å². The first-order valence-corrected chi connectivity index (χ1v) is 11.3. The molecule has 6 heteroatoms. The lowest BCUT2D eigenvalue weighted by Gasteiger charge is -2.11. The van der Waals surface area contributed by atoms with Gasteiger partial charge in [0.05, 0.1) is 6.54 Å². The van der Waals surface area contributed by atoms with Crippen LogP contribution < -0.4 is 16.6 Å². The summed E-state index contributed by atoms with van der Waals surface area (Å²) in [6, 6.07) is 28.5. The fourth-order valence-electron chi connectivity index (χ4n) is 4.11. The zero-order valence-electron chi connectivity index (χ0n) is 19.0. The van der Waals surface area contributed by atoms with Gasteiger partial charge in [-0.1, -0.05) is 48.5 Å². The highest BCUT2D eigenvalue weighted by molar-refractivity contribution is 5.94. The van der Waals surface area contributed by atoms with E-state index in [2.05, 4.69) is 10.3 Å². The maximum Gasteiger partial charge on any atom is 0.258 e. The van der Waals surface area contributed by atoms with Crippen LogP contribution in [-0.2, 0) is 13.1 Å². The molecular formula is C29H24N4O2. The highest BCUT2D eigenvalue weighted by atomic mass is 16.1. The Morgan fingerprint density at radius 2 is 1.66 bits per heavy atom. The first-order chi connectivity index (χ1) is 17.1. The van der Waals surface area contributed by atoms with Gasteiger partial charge in [0.2, 0.25) is 0 Å². The summed E-state index contributed by atoms with van der Waals surface area (Å²) < 4.78 is 1.66. The molecule has 3 N–H and O–H groups in total. The van der Waals surface area contributed by atoms with Gasteiger partial charge in [-0.2, -0.15) is 0 Å². The molecule has 6 nitrogen and oxygen atoms in total. The van der Waals surface area contributed by atoms with Crippen molar-refractivity contribution in [3.05, 3.63) is 130 Å². The Hall–Kier alpha value is -4.71. The van der Waals surface area contributed by atoms with Gasteiger partial charge in [0.1, 0.15) is 5.82 Å². The normalized spacial score (nSPS) is 10.9. The number of hydrogen-bond acceptors (Lipinski definition) is 4. The molecule has 0 saturated carbocycles. The van der Waals surface area contributed by atoms with Crippen molar-refractivity contribution in [2.24, 2.45) is 0 Å². The van der Waals surface area contributed by atoms with Crippen LogP contribution in [-0.4, -0.2) is 15.5 Å². The molecule has 0 atom stereocenters. The van der Waals surface area contributed by atoms with Crippen LogP contribution in [0.4, 0.5) is 5.82 Å². The molecule has 2 heterocycles. The molecule has 0 fully saturated rings. The molecule has 0 unspecified atom stereocenters. The van der Waals surface area contributed by atoms with E-state index in [4.69, 9.17) is 5.73 Å². The van der Waals surface area contributed by atoms with Crippen LogP contribution in [0.3, 0.4) is 0 Å². The van der Waals surface area contributed by atoms with E-state index < -0.39 is 0 Å². The van der Waals surface area contributed by atoms with Crippen LogP contribution in [0.1, 0.15) is 21.5 Å². The highest BCUT2D eigenvalue weighted by Gasteiger charge is 2.09. The van der Waals surface area contributed by atoms with Gasteiger partial charge >= 0.3 is 0 Å². The minimum Gasteiger partial charge on any atom is -0.384 e. The molecule has 0 radical (unpaired) electrons. The molecular weight excluding hydrogens is 436 g/mol. The van der Waals surface area contributed by atoms with Gasteiger partial charge in [-0.25, -0.2) is 4.98 Å². The molecule has 0 aliphatic rings.